The van der Waals surface area contributed by atoms with Crippen molar-refractivity contribution in [1.29, 1.82) is 0 Å². The first-order valence-electron chi connectivity index (χ1n) is 7.96. The molecule has 0 aliphatic rings. The van der Waals surface area contributed by atoms with Crippen LogP contribution in [0.15, 0.2) is 41.1 Å². The SMILES string of the molecule is Cc1ccc([C@@H](C)NC(=O)C(=O)Nc2ccc(C)c(-n3cnnn3)c2)o1. The second-order valence-corrected chi connectivity index (χ2v) is 5.85. The predicted octanol–water partition coefficient (Wildman–Crippen LogP) is 1.69. The second kappa shape index (κ2) is 7.18. The lowest BCUT2D eigenvalue weighted by atomic mass is 10.2. The Labute approximate surface area is 149 Å². The summed E-state index contributed by atoms with van der Waals surface area (Å²) in [5.74, 6) is -0.206. The van der Waals surface area contributed by atoms with Gasteiger partial charge in [-0.15, -0.1) is 5.10 Å². The van der Waals surface area contributed by atoms with Crippen LogP contribution in [0.4, 0.5) is 5.69 Å². The van der Waals surface area contributed by atoms with Crippen molar-refractivity contribution in [3.05, 3.63) is 53.7 Å². The average Bonchev–Trinajstić information content (AvgIpc) is 3.28. The molecule has 0 radical (unpaired) electrons. The third kappa shape index (κ3) is 3.77. The topological polar surface area (TPSA) is 115 Å². The number of hydrogen-bond donors (Lipinski definition) is 2. The van der Waals surface area contributed by atoms with Gasteiger partial charge in [-0.05, 0) is 61.0 Å². The molecule has 2 amide bonds. The summed E-state index contributed by atoms with van der Waals surface area (Å²) in [7, 11) is 0. The van der Waals surface area contributed by atoms with E-state index in [2.05, 4.69) is 26.2 Å². The molecule has 2 heterocycles. The minimum Gasteiger partial charge on any atom is -0.464 e. The number of rotatable bonds is 4. The smallest absolute Gasteiger partial charge is 0.313 e. The first kappa shape index (κ1) is 17.3. The molecule has 0 fully saturated rings. The highest BCUT2D eigenvalue weighted by Crippen LogP contribution is 2.19. The van der Waals surface area contributed by atoms with Crippen molar-refractivity contribution in [1.82, 2.24) is 25.5 Å². The van der Waals surface area contributed by atoms with Gasteiger partial charge in [-0.3, -0.25) is 9.59 Å². The van der Waals surface area contributed by atoms with Crippen LogP contribution >= 0.6 is 0 Å². The van der Waals surface area contributed by atoms with Crippen molar-refractivity contribution in [2.24, 2.45) is 0 Å². The largest absolute Gasteiger partial charge is 0.464 e. The van der Waals surface area contributed by atoms with Gasteiger partial charge in [0.15, 0.2) is 0 Å². The zero-order valence-electron chi connectivity index (χ0n) is 14.6. The molecule has 1 aromatic carbocycles. The Morgan fingerprint density at radius 3 is 2.62 bits per heavy atom. The molecule has 2 aromatic heterocycles. The zero-order valence-corrected chi connectivity index (χ0v) is 14.6. The van der Waals surface area contributed by atoms with Gasteiger partial charge in [0.05, 0.1) is 11.7 Å². The fourth-order valence-corrected chi connectivity index (χ4v) is 2.41. The van der Waals surface area contributed by atoms with Gasteiger partial charge in [0.2, 0.25) is 0 Å². The molecular formula is C17H18N6O3. The van der Waals surface area contributed by atoms with Gasteiger partial charge >= 0.3 is 11.8 Å². The van der Waals surface area contributed by atoms with Crippen molar-refractivity contribution in [3.63, 3.8) is 0 Å². The molecule has 0 unspecified atom stereocenters. The maximum Gasteiger partial charge on any atom is 0.313 e. The average molecular weight is 354 g/mol. The van der Waals surface area contributed by atoms with Crippen LogP contribution in [0, 0.1) is 13.8 Å². The van der Waals surface area contributed by atoms with Crippen molar-refractivity contribution in [2.75, 3.05) is 5.32 Å². The second-order valence-electron chi connectivity index (χ2n) is 5.85. The summed E-state index contributed by atoms with van der Waals surface area (Å²) >= 11 is 0. The number of aromatic nitrogens is 4. The lowest BCUT2D eigenvalue weighted by Crippen LogP contribution is -2.36. The molecule has 26 heavy (non-hydrogen) atoms. The van der Waals surface area contributed by atoms with E-state index in [1.54, 1.807) is 37.3 Å². The lowest BCUT2D eigenvalue weighted by molar-refractivity contribution is -0.136. The van der Waals surface area contributed by atoms with E-state index >= 15 is 0 Å². The molecule has 1 atom stereocenters. The number of hydrogen-bond acceptors (Lipinski definition) is 6. The number of carbonyl (C=O) groups excluding carboxylic acids is 2. The summed E-state index contributed by atoms with van der Waals surface area (Å²) in [6, 6.07) is 8.33. The predicted molar refractivity (Wildman–Crippen MR) is 92.5 cm³/mol. The Morgan fingerprint density at radius 2 is 1.96 bits per heavy atom. The molecule has 3 aromatic rings. The van der Waals surface area contributed by atoms with Crippen LogP contribution in [0.5, 0.6) is 0 Å². The Bertz CT molecular complexity index is 932. The standard InChI is InChI=1S/C17H18N6O3/c1-10-4-6-13(8-14(10)23-9-18-21-22-23)20-17(25)16(24)19-12(3)15-7-5-11(2)26-15/h4-9,12H,1-3H3,(H,19,24)(H,20,25)/t12-/m1/s1. The van der Waals surface area contributed by atoms with Crippen molar-refractivity contribution in [2.45, 2.75) is 26.8 Å². The number of benzene rings is 1. The lowest BCUT2D eigenvalue weighted by Gasteiger charge is -2.12. The number of nitrogens with zero attached hydrogens (tertiary/aromatic N) is 4. The zero-order chi connectivity index (χ0) is 18.7. The maximum absolute atomic E-state index is 12.2. The van der Waals surface area contributed by atoms with Gasteiger partial charge in [-0.1, -0.05) is 6.07 Å². The summed E-state index contributed by atoms with van der Waals surface area (Å²) in [5.41, 5.74) is 2.08. The van der Waals surface area contributed by atoms with Gasteiger partial charge in [0, 0.05) is 5.69 Å². The van der Waals surface area contributed by atoms with E-state index in [0.717, 1.165) is 11.3 Å². The molecule has 0 aliphatic heterocycles. The molecule has 3 rings (SSSR count). The van der Waals surface area contributed by atoms with Crippen LogP contribution in [-0.2, 0) is 9.59 Å². The molecule has 0 aliphatic carbocycles. The molecule has 0 spiro atoms. The normalized spacial score (nSPS) is 11.8. The highest BCUT2D eigenvalue weighted by molar-refractivity contribution is 6.39. The van der Waals surface area contributed by atoms with Gasteiger partial charge in [0.1, 0.15) is 17.8 Å². The fourth-order valence-electron chi connectivity index (χ4n) is 2.41. The summed E-state index contributed by atoms with van der Waals surface area (Å²) in [4.78, 5) is 24.3. The molecule has 0 bridgehead atoms. The maximum atomic E-state index is 12.2. The Kier molecular flexibility index (Phi) is 4.78. The number of amides is 2. The molecular weight excluding hydrogens is 336 g/mol. The molecule has 134 valence electrons. The van der Waals surface area contributed by atoms with Gasteiger partial charge in [0.25, 0.3) is 0 Å². The third-order valence-electron chi connectivity index (χ3n) is 3.80. The van der Waals surface area contributed by atoms with Crippen LogP contribution in [0.1, 0.15) is 30.0 Å². The fraction of sp³-hybridized carbons (Fsp3) is 0.235. The monoisotopic (exact) mass is 354 g/mol. The first-order valence-corrected chi connectivity index (χ1v) is 7.96. The minimum atomic E-state index is -0.772. The number of nitrogens with one attached hydrogen (secondary N) is 2. The van der Waals surface area contributed by atoms with E-state index in [0.29, 0.717) is 17.1 Å². The van der Waals surface area contributed by atoms with Crippen LogP contribution < -0.4 is 10.6 Å². The molecule has 0 saturated carbocycles. The summed E-state index contributed by atoms with van der Waals surface area (Å²) in [6.45, 7) is 5.44. The van der Waals surface area contributed by atoms with E-state index in [-0.39, 0.29) is 0 Å². The Hall–Kier alpha value is -3.49. The summed E-state index contributed by atoms with van der Waals surface area (Å²) in [6.07, 6.45) is 1.45. The molecule has 9 heteroatoms. The van der Waals surface area contributed by atoms with Gasteiger partial charge in [-0.2, -0.15) is 0 Å². The number of carbonyl (C=O) groups is 2. The highest BCUT2D eigenvalue weighted by Gasteiger charge is 2.19. The van der Waals surface area contributed by atoms with Crippen LogP contribution in [0.3, 0.4) is 0 Å². The Balaban J connectivity index is 1.67. The van der Waals surface area contributed by atoms with E-state index in [1.165, 1.54) is 11.0 Å². The number of tetrazole rings is 1. The number of anilines is 1. The minimum absolute atomic E-state index is 0.420. The summed E-state index contributed by atoms with van der Waals surface area (Å²) < 4.78 is 6.93. The van der Waals surface area contributed by atoms with Crippen LogP contribution in [0.25, 0.3) is 5.69 Å². The third-order valence-corrected chi connectivity index (χ3v) is 3.80. The van der Waals surface area contributed by atoms with E-state index < -0.39 is 17.9 Å². The molecule has 9 nitrogen and oxygen atoms in total. The molecule has 0 saturated heterocycles. The van der Waals surface area contributed by atoms with E-state index in [9.17, 15) is 9.59 Å². The van der Waals surface area contributed by atoms with Gasteiger partial charge in [-0.25, -0.2) is 4.68 Å². The quantitative estimate of drug-likeness (QED) is 0.689. The van der Waals surface area contributed by atoms with Crippen molar-refractivity contribution in [3.8, 4) is 5.69 Å². The van der Waals surface area contributed by atoms with Crippen molar-refractivity contribution < 1.29 is 14.0 Å². The van der Waals surface area contributed by atoms with E-state index in [4.69, 9.17) is 4.42 Å². The van der Waals surface area contributed by atoms with Crippen LogP contribution in [-0.4, -0.2) is 32.0 Å². The van der Waals surface area contributed by atoms with E-state index in [1.807, 2.05) is 13.8 Å². The Morgan fingerprint density at radius 1 is 1.15 bits per heavy atom. The number of furan rings is 1. The van der Waals surface area contributed by atoms with Crippen LogP contribution in [0.2, 0.25) is 0 Å². The number of aryl methyl sites for hydroxylation is 2. The van der Waals surface area contributed by atoms with Gasteiger partial charge < -0.3 is 15.1 Å². The first-order chi connectivity index (χ1) is 12.4. The highest BCUT2D eigenvalue weighted by atomic mass is 16.3. The van der Waals surface area contributed by atoms with Crippen molar-refractivity contribution >= 4 is 17.5 Å². The summed E-state index contributed by atoms with van der Waals surface area (Å²) in [5, 5.41) is 16.2. The molecule has 2 N–H and O–H groups in total.